The van der Waals surface area contributed by atoms with Crippen molar-refractivity contribution < 1.29 is 4.52 Å². The highest BCUT2D eigenvalue weighted by molar-refractivity contribution is 8.00. The molecule has 90 valence electrons. The number of thioether (sulfide) groups is 1. The third-order valence-electron chi connectivity index (χ3n) is 2.87. The van der Waals surface area contributed by atoms with Crippen molar-refractivity contribution in [1.82, 2.24) is 10.1 Å². The molecule has 1 aliphatic rings. The average Bonchev–Trinajstić information content (AvgIpc) is 2.77. The van der Waals surface area contributed by atoms with E-state index in [1.54, 1.807) is 0 Å². The van der Waals surface area contributed by atoms with Crippen LogP contribution in [-0.4, -0.2) is 34.1 Å². The molecular weight excluding hydrogens is 222 g/mol. The molecule has 0 saturated carbocycles. The highest BCUT2D eigenvalue weighted by Crippen LogP contribution is 2.22. The Morgan fingerprint density at radius 2 is 2.56 bits per heavy atom. The molecule has 1 unspecified atom stereocenters. The first-order valence-corrected chi connectivity index (χ1v) is 6.85. The van der Waals surface area contributed by atoms with Gasteiger partial charge in [0.2, 0.25) is 0 Å². The number of nitrogens with two attached hydrogens (primary N) is 1. The van der Waals surface area contributed by atoms with Gasteiger partial charge in [-0.3, -0.25) is 4.90 Å². The van der Waals surface area contributed by atoms with Crippen LogP contribution in [0.15, 0.2) is 10.6 Å². The quantitative estimate of drug-likeness (QED) is 0.865. The minimum atomic E-state index is 0.455. The van der Waals surface area contributed by atoms with E-state index in [2.05, 4.69) is 28.7 Å². The van der Waals surface area contributed by atoms with Gasteiger partial charge >= 0.3 is 0 Å². The molecule has 0 aromatic carbocycles. The third-order valence-corrected chi connectivity index (χ3v) is 4.25. The SMILES string of the molecule is CCC1CN(Cc2cc(CN)no2)CCS1. The summed E-state index contributed by atoms with van der Waals surface area (Å²) in [4.78, 5) is 2.44. The fraction of sp³-hybridized carbons (Fsp3) is 0.727. The molecule has 16 heavy (non-hydrogen) atoms. The van der Waals surface area contributed by atoms with Crippen molar-refractivity contribution in [3.8, 4) is 0 Å². The number of hydrogen-bond donors (Lipinski definition) is 1. The van der Waals surface area contributed by atoms with E-state index in [9.17, 15) is 0 Å². The molecule has 1 saturated heterocycles. The van der Waals surface area contributed by atoms with Crippen molar-refractivity contribution >= 4 is 11.8 Å². The number of aromatic nitrogens is 1. The maximum atomic E-state index is 5.50. The zero-order valence-electron chi connectivity index (χ0n) is 9.69. The van der Waals surface area contributed by atoms with E-state index in [0.717, 1.165) is 36.3 Å². The predicted octanol–water partition coefficient (Wildman–Crippen LogP) is 1.46. The lowest BCUT2D eigenvalue weighted by Gasteiger charge is -2.30. The van der Waals surface area contributed by atoms with Gasteiger partial charge in [0, 0.05) is 36.7 Å². The van der Waals surface area contributed by atoms with E-state index in [1.807, 2.05) is 6.07 Å². The fourth-order valence-corrected chi connectivity index (χ4v) is 3.17. The van der Waals surface area contributed by atoms with Crippen molar-refractivity contribution in [3.05, 3.63) is 17.5 Å². The Balaban J connectivity index is 1.88. The molecule has 1 aromatic rings. The van der Waals surface area contributed by atoms with Crippen LogP contribution in [0.25, 0.3) is 0 Å². The Hall–Kier alpha value is -0.520. The van der Waals surface area contributed by atoms with Gasteiger partial charge in [-0.15, -0.1) is 0 Å². The smallest absolute Gasteiger partial charge is 0.151 e. The molecule has 0 aliphatic carbocycles. The predicted molar refractivity (Wildman–Crippen MR) is 66.2 cm³/mol. The average molecular weight is 241 g/mol. The second-order valence-corrected chi connectivity index (χ2v) is 5.53. The monoisotopic (exact) mass is 241 g/mol. The Labute approximate surface area is 101 Å². The summed E-state index contributed by atoms with van der Waals surface area (Å²) in [6.45, 7) is 5.86. The van der Waals surface area contributed by atoms with Crippen molar-refractivity contribution in [3.63, 3.8) is 0 Å². The van der Waals surface area contributed by atoms with Gasteiger partial charge in [-0.1, -0.05) is 12.1 Å². The summed E-state index contributed by atoms with van der Waals surface area (Å²) in [7, 11) is 0. The van der Waals surface area contributed by atoms with E-state index >= 15 is 0 Å². The zero-order chi connectivity index (χ0) is 11.4. The largest absolute Gasteiger partial charge is 0.360 e. The molecule has 5 heteroatoms. The van der Waals surface area contributed by atoms with Gasteiger partial charge in [0.25, 0.3) is 0 Å². The van der Waals surface area contributed by atoms with E-state index in [0.29, 0.717) is 6.54 Å². The number of hydrogen-bond acceptors (Lipinski definition) is 5. The molecule has 1 aromatic heterocycles. The molecule has 2 rings (SSSR count). The molecule has 0 radical (unpaired) electrons. The van der Waals surface area contributed by atoms with E-state index in [1.165, 1.54) is 12.2 Å². The third kappa shape index (κ3) is 2.99. The van der Waals surface area contributed by atoms with Crippen molar-refractivity contribution in [2.24, 2.45) is 5.73 Å². The van der Waals surface area contributed by atoms with Crippen molar-refractivity contribution in [1.29, 1.82) is 0 Å². The van der Waals surface area contributed by atoms with Crippen LogP contribution in [0.3, 0.4) is 0 Å². The summed E-state index contributed by atoms with van der Waals surface area (Å²) in [5.41, 5.74) is 6.34. The Morgan fingerprint density at radius 3 is 3.25 bits per heavy atom. The highest BCUT2D eigenvalue weighted by atomic mass is 32.2. The van der Waals surface area contributed by atoms with Crippen LogP contribution in [0.1, 0.15) is 24.8 Å². The summed E-state index contributed by atoms with van der Waals surface area (Å²) in [6, 6.07) is 1.96. The molecule has 1 atom stereocenters. The zero-order valence-corrected chi connectivity index (χ0v) is 10.5. The summed E-state index contributed by atoms with van der Waals surface area (Å²) >= 11 is 2.08. The van der Waals surface area contributed by atoms with Crippen LogP contribution in [0.2, 0.25) is 0 Å². The molecule has 1 aliphatic heterocycles. The van der Waals surface area contributed by atoms with Gasteiger partial charge < -0.3 is 10.3 Å². The van der Waals surface area contributed by atoms with E-state index in [4.69, 9.17) is 10.3 Å². The molecule has 2 N–H and O–H groups in total. The summed E-state index contributed by atoms with van der Waals surface area (Å²) in [5.74, 6) is 2.15. The Bertz CT molecular complexity index is 329. The first-order chi connectivity index (χ1) is 7.81. The Morgan fingerprint density at radius 1 is 1.69 bits per heavy atom. The van der Waals surface area contributed by atoms with Crippen LogP contribution in [0.5, 0.6) is 0 Å². The molecule has 0 amide bonds. The van der Waals surface area contributed by atoms with Gasteiger partial charge in [0.1, 0.15) is 0 Å². The topological polar surface area (TPSA) is 55.3 Å². The lowest BCUT2D eigenvalue weighted by molar-refractivity contribution is 0.236. The summed E-state index contributed by atoms with van der Waals surface area (Å²) in [6.07, 6.45) is 1.24. The molecular formula is C11H19N3OS. The fourth-order valence-electron chi connectivity index (χ4n) is 1.92. The maximum Gasteiger partial charge on any atom is 0.151 e. The number of nitrogens with zero attached hydrogens (tertiary/aromatic N) is 2. The minimum absolute atomic E-state index is 0.455. The minimum Gasteiger partial charge on any atom is -0.360 e. The molecule has 2 heterocycles. The van der Waals surface area contributed by atoms with Gasteiger partial charge in [-0.05, 0) is 6.42 Å². The van der Waals surface area contributed by atoms with E-state index < -0.39 is 0 Å². The lowest BCUT2D eigenvalue weighted by Crippen LogP contribution is -2.36. The first-order valence-electron chi connectivity index (χ1n) is 5.80. The number of rotatable bonds is 4. The van der Waals surface area contributed by atoms with Crippen LogP contribution in [-0.2, 0) is 13.1 Å². The van der Waals surface area contributed by atoms with Crippen molar-refractivity contribution in [2.45, 2.75) is 31.7 Å². The molecule has 0 spiro atoms. The molecule has 0 bridgehead atoms. The van der Waals surface area contributed by atoms with Gasteiger partial charge in [0.15, 0.2) is 5.76 Å². The van der Waals surface area contributed by atoms with Crippen LogP contribution in [0, 0.1) is 0 Å². The standard InChI is InChI=1S/C11H19N3OS/c1-2-11-8-14(3-4-16-11)7-10-5-9(6-12)13-15-10/h5,11H,2-4,6-8,12H2,1H3. The van der Waals surface area contributed by atoms with Crippen molar-refractivity contribution in [2.75, 3.05) is 18.8 Å². The second-order valence-electron chi connectivity index (χ2n) is 4.12. The van der Waals surface area contributed by atoms with Crippen LogP contribution < -0.4 is 5.73 Å². The Kier molecular flexibility index (Phi) is 4.26. The van der Waals surface area contributed by atoms with Gasteiger partial charge in [-0.2, -0.15) is 11.8 Å². The maximum absolute atomic E-state index is 5.50. The molecule has 1 fully saturated rings. The van der Waals surface area contributed by atoms with Gasteiger partial charge in [0.05, 0.1) is 12.2 Å². The van der Waals surface area contributed by atoms with Crippen LogP contribution >= 0.6 is 11.8 Å². The van der Waals surface area contributed by atoms with E-state index in [-0.39, 0.29) is 0 Å². The second kappa shape index (κ2) is 5.70. The highest BCUT2D eigenvalue weighted by Gasteiger charge is 2.20. The van der Waals surface area contributed by atoms with Gasteiger partial charge in [-0.25, -0.2) is 0 Å². The first kappa shape index (κ1) is 12.0. The lowest BCUT2D eigenvalue weighted by atomic mass is 10.2. The summed E-state index contributed by atoms with van der Waals surface area (Å²) < 4.78 is 5.25. The normalized spacial score (nSPS) is 22.5. The summed E-state index contributed by atoms with van der Waals surface area (Å²) in [5, 5.41) is 4.68. The molecule has 4 nitrogen and oxygen atoms in total. The van der Waals surface area contributed by atoms with Crippen LogP contribution in [0.4, 0.5) is 0 Å².